The first kappa shape index (κ1) is 25.8. The minimum absolute atomic E-state index is 0.306. The Balaban J connectivity index is 2.84. The van der Waals surface area contributed by atoms with Crippen molar-refractivity contribution in [3.05, 3.63) is 0 Å². The second-order valence-corrected chi connectivity index (χ2v) is 7.56. The molecule has 5 atom stereocenters. The van der Waals surface area contributed by atoms with Crippen molar-refractivity contribution in [3.63, 3.8) is 0 Å². The second-order valence-electron chi connectivity index (χ2n) is 7.56. The lowest BCUT2D eigenvalue weighted by Gasteiger charge is -2.44. The van der Waals surface area contributed by atoms with Crippen LogP contribution < -0.4 is 0 Å². The van der Waals surface area contributed by atoms with Crippen LogP contribution in [0.25, 0.3) is 0 Å². The maximum absolute atomic E-state index is 10.6. The van der Waals surface area contributed by atoms with Crippen molar-refractivity contribution in [3.8, 4) is 0 Å². The van der Waals surface area contributed by atoms with Crippen molar-refractivity contribution in [2.75, 3.05) is 33.0 Å². The molecule has 6 nitrogen and oxygen atoms in total. The molecule has 1 fully saturated rings. The fraction of sp³-hybridized carbons (Fsp3) is 1.00. The van der Waals surface area contributed by atoms with Gasteiger partial charge >= 0.3 is 0 Å². The van der Waals surface area contributed by atoms with Gasteiger partial charge in [0.15, 0.2) is 6.29 Å². The van der Waals surface area contributed by atoms with Gasteiger partial charge in [0, 0.05) is 26.4 Å². The molecule has 1 N–H and O–H groups in total. The highest BCUT2D eigenvalue weighted by atomic mass is 16.7. The zero-order valence-electron chi connectivity index (χ0n) is 18.6. The zero-order valence-corrected chi connectivity index (χ0v) is 18.6. The molecule has 0 spiro atoms. The lowest BCUT2D eigenvalue weighted by atomic mass is 9.98. The molecule has 0 aliphatic carbocycles. The number of rotatable bonds is 17. The summed E-state index contributed by atoms with van der Waals surface area (Å²) in [6.45, 7) is 11.5. The van der Waals surface area contributed by atoms with Gasteiger partial charge in [0.25, 0.3) is 0 Å². The number of ether oxygens (including phenoxy) is 5. The Bertz CT molecular complexity index is 354. The summed E-state index contributed by atoms with van der Waals surface area (Å²) >= 11 is 0. The highest BCUT2D eigenvalue weighted by Crippen LogP contribution is 2.28. The first-order valence-corrected chi connectivity index (χ1v) is 11.5. The van der Waals surface area contributed by atoms with Crippen LogP contribution in [0.3, 0.4) is 0 Å². The molecule has 2 unspecified atom stereocenters. The van der Waals surface area contributed by atoms with Crippen LogP contribution in [-0.2, 0) is 23.7 Å². The molecule has 0 bridgehead atoms. The molecule has 28 heavy (non-hydrogen) atoms. The van der Waals surface area contributed by atoms with E-state index in [-0.39, 0.29) is 18.3 Å². The minimum atomic E-state index is -1.03. The van der Waals surface area contributed by atoms with Crippen molar-refractivity contribution >= 4 is 0 Å². The molecule has 6 heteroatoms. The van der Waals surface area contributed by atoms with Gasteiger partial charge in [-0.05, 0) is 25.7 Å². The van der Waals surface area contributed by atoms with Crippen LogP contribution in [0.2, 0.25) is 0 Å². The van der Waals surface area contributed by atoms with Crippen LogP contribution in [-0.4, -0.2) is 68.8 Å². The molecule has 1 aliphatic rings. The number of unbranched alkanes of at least 4 members (excludes halogenated alkanes) is 4. The predicted octanol–water partition coefficient (Wildman–Crippen LogP) is 4.08. The highest BCUT2D eigenvalue weighted by molar-refractivity contribution is 4.92. The minimum Gasteiger partial charge on any atom is -0.379 e. The fourth-order valence-corrected chi connectivity index (χ4v) is 3.13. The Morgan fingerprint density at radius 3 is 1.64 bits per heavy atom. The SMILES string of the molecule is CCCCOCC1O[C@@H](O)[C@@H](OCCCC)C(OCCCC)[C@@H]1OCCCC. The average molecular weight is 405 g/mol. The van der Waals surface area contributed by atoms with Crippen molar-refractivity contribution in [2.45, 2.75) is 110 Å². The summed E-state index contributed by atoms with van der Waals surface area (Å²) in [6.07, 6.45) is 5.53. The van der Waals surface area contributed by atoms with Crippen LogP contribution in [0.5, 0.6) is 0 Å². The fourth-order valence-electron chi connectivity index (χ4n) is 3.13. The molecule has 1 saturated heterocycles. The lowest BCUT2D eigenvalue weighted by molar-refractivity contribution is -0.312. The van der Waals surface area contributed by atoms with Gasteiger partial charge in [0.1, 0.15) is 24.4 Å². The van der Waals surface area contributed by atoms with Crippen LogP contribution in [0.1, 0.15) is 79.1 Å². The van der Waals surface area contributed by atoms with Gasteiger partial charge in [-0.2, -0.15) is 0 Å². The summed E-state index contributed by atoms with van der Waals surface area (Å²) in [4.78, 5) is 0. The van der Waals surface area contributed by atoms with E-state index < -0.39 is 12.4 Å². The Morgan fingerprint density at radius 2 is 1.11 bits per heavy atom. The van der Waals surface area contributed by atoms with Gasteiger partial charge in [-0.25, -0.2) is 0 Å². The smallest absolute Gasteiger partial charge is 0.184 e. The van der Waals surface area contributed by atoms with E-state index >= 15 is 0 Å². The van der Waals surface area contributed by atoms with Gasteiger partial charge in [-0.1, -0.05) is 53.4 Å². The number of aliphatic hydroxyl groups excluding tert-OH is 1. The molecule has 0 aromatic carbocycles. The topological polar surface area (TPSA) is 66.4 Å². The standard InChI is InChI=1S/C22H44O6/c1-5-9-13-24-17-18-19(25-14-10-6-2)20(26-15-11-7-3)21(22(23)28-18)27-16-12-8-4/h18-23H,5-17H2,1-4H3/t18?,19-,20?,21+,22-/m1/s1. The van der Waals surface area contributed by atoms with Gasteiger partial charge in [-0.15, -0.1) is 0 Å². The monoisotopic (exact) mass is 404 g/mol. The lowest BCUT2D eigenvalue weighted by Crippen LogP contribution is -2.61. The summed E-state index contributed by atoms with van der Waals surface area (Å²) < 4.78 is 30.1. The molecule has 0 amide bonds. The largest absolute Gasteiger partial charge is 0.379 e. The van der Waals surface area contributed by atoms with Gasteiger partial charge in [0.2, 0.25) is 0 Å². The van der Waals surface area contributed by atoms with E-state index in [4.69, 9.17) is 23.7 Å². The van der Waals surface area contributed by atoms with E-state index in [1.807, 2.05) is 0 Å². The first-order chi connectivity index (χ1) is 13.7. The number of hydrogen-bond acceptors (Lipinski definition) is 6. The molecule has 1 aliphatic heterocycles. The summed E-state index contributed by atoms with van der Waals surface area (Å²) in [5, 5.41) is 10.6. The zero-order chi connectivity index (χ0) is 20.6. The molecular formula is C22H44O6. The molecule has 168 valence electrons. The first-order valence-electron chi connectivity index (χ1n) is 11.5. The molecule has 0 saturated carbocycles. The summed E-state index contributed by atoms with van der Waals surface area (Å²) in [7, 11) is 0. The number of aliphatic hydroxyl groups is 1. The van der Waals surface area contributed by atoms with Crippen molar-refractivity contribution in [1.29, 1.82) is 0 Å². The molecule has 0 radical (unpaired) electrons. The van der Waals surface area contributed by atoms with Gasteiger partial charge in [-0.3, -0.25) is 0 Å². The van der Waals surface area contributed by atoms with E-state index in [0.29, 0.717) is 33.0 Å². The summed E-state index contributed by atoms with van der Waals surface area (Å²) in [5.41, 5.74) is 0. The summed E-state index contributed by atoms with van der Waals surface area (Å²) in [6, 6.07) is 0. The maximum Gasteiger partial charge on any atom is 0.184 e. The van der Waals surface area contributed by atoms with Crippen molar-refractivity contribution < 1.29 is 28.8 Å². The third-order valence-electron chi connectivity index (χ3n) is 4.96. The van der Waals surface area contributed by atoms with Gasteiger partial charge in [0.05, 0.1) is 6.61 Å². The highest BCUT2D eigenvalue weighted by Gasteiger charge is 2.47. The van der Waals surface area contributed by atoms with Crippen LogP contribution >= 0.6 is 0 Å². The quantitative estimate of drug-likeness (QED) is 0.369. The van der Waals surface area contributed by atoms with Gasteiger partial charge < -0.3 is 28.8 Å². The second kappa shape index (κ2) is 16.5. The third-order valence-corrected chi connectivity index (χ3v) is 4.96. The van der Waals surface area contributed by atoms with E-state index in [2.05, 4.69) is 27.7 Å². The number of hydrogen-bond donors (Lipinski definition) is 1. The molecule has 1 heterocycles. The van der Waals surface area contributed by atoms with E-state index in [1.54, 1.807) is 0 Å². The van der Waals surface area contributed by atoms with Crippen molar-refractivity contribution in [2.24, 2.45) is 0 Å². The Hall–Kier alpha value is -0.240. The predicted molar refractivity (Wildman–Crippen MR) is 111 cm³/mol. The van der Waals surface area contributed by atoms with E-state index in [1.165, 1.54) is 0 Å². The Kier molecular flexibility index (Phi) is 15.2. The van der Waals surface area contributed by atoms with Crippen LogP contribution in [0.4, 0.5) is 0 Å². The normalized spacial score (nSPS) is 28.0. The van der Waals surface area contributed by atoms with Crippen molar-refractivity contribution in [1.82, 2.24) is 0 Å². The summed E-state index contributed by atoms with van der Waals surface area (Å²) in [5.74, 6) is 0. The molecule has 1 rings (SSSR count). The Labute approximate surface area is 172 Å². The maximum atomic E-state index is 10.6. The molecule has 0 aromatic heterocycles. The third kappa shape index (κ3) is 9.51. The molecule has 0 aromatic rings. The average Bonchev–Trinajstić information content (AvgIpc) is 2.69. The van der Waals surface area contributed by atoms with E-state index in [9.17, 15) is 5.11 Å². The van der Waals surface area contributed by atoms with E-state index in [0.717, 1.165) is 51.4 Å². The van der Waals surface area contributed by atoms with Crippen LogP contribution in [0, 0.1) is 0 Å². The Morgan fingerprint density at radius 1 is 0.643 bits per heavy atom. The van der Waals surface area contributed by atoms with Crippen LogP contribution in [0.15, 0.2) is 0 Å². The molecular weight excluding hydrogens is 360 g/mol.